The predicted molar refractivity (Wildman–Crippen MR) is 89.7 cm³/mol. The predicted octanol–water partition coefficient (Wildman–Crippen LogP) is 1.78. The van der Waals surface area contributed by atoms with E-state index in [-0.39, 0.29) is 0 Å². The third-order valence-electron chi connectivity index (χ3n) is 4.34. The Morgan fingerprint density at radius 1 is 1.25 bits per heavy atom. The normalized spacial score (nSPS) is 25.9. The van der Waals surface area contributed by atoms with Gasteiger partial charge in [-0.05, 0) is 50.4 Å². The summed E-state index contributed by atoms with van der Waals surface area (Å²) in [5.41, 5.74) is 0. The lowest BCUT2D eigenvalue weighted by Gasteiger charge is -2.30. The van der Waals surface area contributed by atoms with Crippen LogP contribution in [0.5, 0.6) is 0 Å². The van der Waals surface area contributed by atoms with Crippen LogP contribution in [0.1, 0.15) is 32.6 Å². The van der Waals surface area contributed by atoms with Gasteiger partial charge in [0, 0.05) is 31.9 Å². The van der Waals surface area contributed by atoms with Crippen LogP contribution < -0.4 is 10.6 Å². The molecule has 5 heteroatoms. The van der Waals surface area contributed by atoms with Crippen molar-refractivity contribution < 1.29 is 0 Å². The summed E-state index contributed by atoms with van der Waals surface area (Å²) in [5, 5.41) is 7.67. The third kappa shape index (κ3) is 5.52. The van der Waals surface area contributed by atoms with E-state index in [4.69, 9.17) is 0 Å². The summed E-state index contributed by atoms with van der Waals surface area (Å²) in [4.78, 5) is 6.87. The van der Waals surface area contributed by atoms with Gasteiger partial charge in [0.25, 0.3) is 0 Å². The zero-order valence-corrected chi connectivity index (χ0v) is 13.8. The van der Waals surface area contributed by atoms with Crippen LogP contribution in [0, 0.1) is 5.92 Å². The Morgan fingerprint density at radius 2 is 2.05 bits per heavy atom. The Kier molecular flexibility index (Phi) is 7.00. The minimum absolute atomic E-state index is 0.775. The molecule has 4 nitrogen and oxygen atoms in total. The molecule has 0 aromatic heterocycles. The minimum atomic E-state index is 0.775. The highest BCUT2D eigenvalue weighted by Crippen LogP contribution is 2.25. The fourth-order valence-corrected chi connectivity index (χ4v) is 4.06. The van der Waals surface area contributed by atoms with Crippen molar-refractivity contribution in [2.45, 2.75) is 37.9 Å². The highest BCUT2D eigenvalue weighted by Gasteiger charge is 2.16. The van der Waals surface area contributed by atoms with E-state index in [0.29, 0.717) is 0 Å². The van der Waals surface area contributed by atoms with Crippen molar-refractivity contribution in [3.63, 3.8) is 0 Å². The molecule has 0 spiro atoms. The van der Waals surface area contributed by atoms with Crippen LogP contribution in [-0.4, -0.2) is 61.6 Å². The SMILES string of the molecule is CN=C(NCCN1CCC(C)CC1)NCC1CCCS1. The van der Waals surface area contributed by atoms with Gasteiger partial charge in [-0.25, -0.2) is 0 Å². The molecule has 2 heterocycles. The molecule has 0 radical (unpaired) electrons. The van der Waals surface area contributed by atoms with Gasteiger partial charge < -0.3 is 15.5 Å². The van der Waals surface area contributed by atoms with Crippen molar-refractivity contribution in [3.8, 4) is 0 Å². The second kappa shape index (κ2) is 8.78. The molecule has 2 rings (SSSR count). The summed E-state index contributed by atoms with van der Waals surface area (Å²) in [7, 11) is 1.86. The Balaban J connectivity index is 1.56. The number of nitrogens with zero attached hydrogens (tertiary/aromatic N) is 2. The molecule has 2 aliphatic rings. The number of guanidine groups is 1. The number of hydrogen-bond donors (Lipinski definition) is 2. The van der Waals surface area contributed by atoms with Gasteiger partial charge in [-0.2, -0.15) is 11.8 Å². The van der Waals surface area contributed by atoms with E-state index >= 15 is 0 Å². The Bertz CT molecular complexity index is 294. The van der Waals surface area contributed by atoms with Gasteiger partial charge in [0.2, 0.25) is 0 Å². The summed E-state index contributed by atoms with van der Waals surface area (Å²) in [6.07, 6.45) is 5.43. The molecule has 2 saturated heterocycles. The largest absolute Gasteiger partial charge is 0.355 e. The van der Waals surface area contributed by atoms with Crippen LogP contribution in [0.2, 0.25) is 0 Å². The van der Waals surface area contributed by atoms with E-state index in [1.807, 2.05) is 7.05 Å². The van der Waals surface area contributed by atoms with E-state index in [1.165, 1.54) is 44.5 Å². The van der Waals surface area contributed by atoms with Gasteiger partial charge in [-0.1, -0.05) is 6.92 Å². The van der Waals surface area contributed by atoms with Crippen LogP contribution in [0.25, 0.3) is 0 Å². The molecular formula is C15H30N4S. The molecule has 2 aliphatic heterocycles. The van der Waals surface area contributed by atoms with Gasteiger partial charge in [0.05, 0.1) is 0 Å². The second-order valence-corrected chi connectivity index (χ2v) is 7.45. The Morgan fingerprint density at radius 3 is 2.70 bits per heavy atom. The van der Waals surface area contributed by atoms with E-state index in [1.54, 1.807) is 0 Å². The number of thioether (sulfide) groups is 1. The van der Waals surface area contributed by atoms with E-state index in [0.717, 1.165) is 36.8 Å². The minimum Gasteiger partial charge on any atom is -0.355 e. The molecule has 20 heavy (non-hydrogen) atoms. The number of aliphatic imine (C=N–C) groups is 1. The van der Waals surface area contributed by atoms with E-state index in [2.05, 4.69) is 39.2 Å². The van der Waals surface area contributed by atoms with Gasteiger partial charge in [0.1, 0.15) is 0 Å². The first-order valence-corrected chi connectivity index (χ1v) is 9.11. The first-order valence-electron chi connectivity index (χ1n) is 8.06. The van der Waals surface area contributed by atoms with Crippen LogP contribution in [0.3, 0.4) is 0 Å². The lowest BCUT2D eigenvalue weighted by molar-refractivity contribution is 0.195. The van der Waals surface area contributed by atoms with Gasteiger partial charge in [0.15, 0.2) is 5.96 Å². The van der Waals surface area contributed by atoms with Crippen LogP contribution >= 0.6 is 11.8 Å². The standard InChI is InChI=1S/C15H30N4S/c1-13-5-8-19(9-6-13)10-7-17-15(16-2)18-12-14-4-3-11-20-14/h13-14H,3-12H2,1-2H3,(H2,16,17,18). The van der Waals surface area contributed by atoms with Gasteiger partial charge in [-0.15, -0.1) is 0 Å². The maximum Gasteiger partial charge on any atom is 0.191 e. The van der Waals surface area contributed by atoms with Crippen molar-refractivity contribution in [1.29, 1.82) is 0 Å². The maximum atomic E-state index is 4.31. The molecule has 0 saturated carbocycles. The fraction of sp³-hybridized carbons (Fsp3) is 0.933. The average molecular weight is 298 g/mol. The molecule has 0 aromatic carbocycles. The maximum absolute atomic E-state index is 4.31. The number of piperidine rings is 1. The Hall–Kier alpha value is -0.420. The molecule has 2 N–H and O–H groups in total. The van der Waals surface area contributed by atoms with Gasteiger partial charge >= 0.3 is 0 Å². The average Bonchev–Trinajstić information content (AvgIpc) is 2.98. The zero-order chi connectivity index (χ0) is 14.2. The van der Waals surface area contributed by atoms with E-state index < -0.39 is 0 Å². The number of hydrogen-bond acceptors (Lipinski definition) is 3. The summed E-state index contributed by atoms with van der Waals surface area (Å²) in [6, 6.07) is 0. The third-order valence-corrected chi connectivity index (χ3v) is 5.74. The van der Waals surface area contributed by atoms with Crippen molar-refractivity contribution in [2.75, 3.05) is 45.5 Å². The molecule has 0 aromatic rings. The molecule has 0 amide bonds. The van der Waals surface area contributed by atoms with Crippen LogP contribution in [0.4, 0.5) is 0 Å². The summed E-state index contributed by atoms with van der Waals surface area (Å²) in [5.74, 6) is 3.20. The zero-order valence-electron chi connectivity index (χ0n) is 13.0. The number of rotatable bonds is 5. The number of likely N-dealkylation sites (tertiary alicyclic amines) is 1. The summed E-state index contributed by atoms with van der Waals surface area (Å²) in [6.45, 7) is 8.05. The molecular weight excluding hydrogens is 268 g/mol. The molecule has 1 unspecified atom stereocenters. The molecule has 2 fully saturated rings. The first kappa shape index (κ1) is 16.0. The van der Waals surface area contributed by atoms with Gasteiger partial charge in [-0.3, -0.25) is 4.99 Å². The lowest BCUT2D eigenvalue weighted by Crippen LogP contribution is -2.44. The first-order chi connectivity index (χ1) is 9.78. The Labute approximate surface area is 128 Å². The van der Waals surface area contributed by atoms with Crippen molar-refractivity contribution in [3.05, 3.63) is 0 Å². The number of nitrogens with one attached hydrogen (secondary N) is 2. The highest BCUT2D eigenvalue weighted by molar-refractivity contribution is 8.00. The topological polar surface area (TPSA) is 39.7 Å². The fourth-order valence-electron chi connectivity index (χ4n) is 2.85. The van der Waals surface area contributed by atoms with Crippen LogP contribution in [0.15, 0.2) is 4.99 Å². The van der Waals surface area contributed by atoms with Crippen LogP contribution in [-0.2, 0) is 0 Å². The molecule has 1 atom stereocenters. The van der Waals surface area contributed by atoms with Crippen molar-refractivity contribution in [2.24, 2.45) is 10.9 Å². The molecule has 116 valence electrons. The smallest absolute Gasteiger partial charge is 0.191 e. The lowest BCUT2D eigenvalue weighted by atomic mass is 9.99. The molecule has 0 bridgehead atoms. The summed E-state index contributed by atoms with van der Waals surface area (Å²) < 4.78 is 0. The molecule has 0 aliphatic carbocycles. The van der Waals surface area contributed by atoms with E-state index in [9.17, 15) is 0 Å². The monoisotopic (exact) mass is 298 g/mol. The van der Waals surface area contributed by atoms with Crippen molar-refractivity contribution in [1.82, 2.24) is 15.5 Å². The summed E-state index contributed by atoms with van der Waals surface area (Å²) >= 11 is 2.09. The highest BCUT2D eigenvalue weighted by atomic mass is 32.2. The van der Waals surface area contributed by atoms with Crippen molar-refractivity contribution >= 4 is 17.7 Å². The second-order valence-electron chi connectivity index (χ2n) is 6.04. The quantitative estimate of drug-likeness (QED) is 0.599.